The summed E-state index contributed by atoms with van der Waals surface area (Å²) in [7, 11) is 1.88. The van der Waals surface area contributed by atoms with E-state index in [1.54, 1.807) is 23.0 Å². The number of halogens is 1. The molecule has 1 aromatic carbocycles. The number of hydrogen-bond donors (Lipinski definition) is 2. The predicted octanol–water partition coefficient (Wildman–Crippen LogP) is 2.98. The van der Waals surface area contributed by atoms with E-state index in [4.69, 9.17) is 20.9 Å². The molecule has 2 N–H and O–H groups in total. The van der Waals surface area contributed by atoms with Gasteiger partial charge in [0.2, 0.25) is 0 Å². The van der Waals surface area contributed by atoms with Crippen molar-refractivity contribution in [1.29, 1.82) is 0 Å². The van der Waals surface area contributed by atoms with Crippen molar-refractivity contribution in [2.24, 2.45) is 7.05 Å². The molecule has 26 heavy (non-hydrogen) atoms. The molecule has 0 spiro atoms. The first-order valence-corrected chi connectivity index (χ1v) is 8.33. The van der Waals surface area contributed by atoms with Gasteiger partial charge in [0, 0.05) is 29.4 Å². The number of nitrogens with one attached hydrogen (secondary N) is 2. The summed E-state index contributed by atoms with van der Waals surface area (Å²) in [6.07, 6.45) is 1.76. The van der Waals surface area contributed by atoms with Crippen LogP contribution in [0.3, 0.4) is 0 Å². The van der Waals surface area contributed by atoms with Crippen LogP contribution in [-0.4, -0.2) is 27.5 Å². The van der Waals surface area contributed by atoms with Crippen molar-refractivity contribution in [3.63, 3.8) is 0 Å². The van der Waals surface area contributed by atoms with Gasteiger partial charge in [-0.1, -0.05) is 16.8 Å². The summed E-state index contributed by atoms with van der Waals surface area (Å²) in [4.78, 5) is 11.5. The minimum atomic E-state index is -0.211. The quantitative estimate of drug-likeness (QED) is 0.730. The zero-order valence-corrected chi connectivity index (χ0v) is 14.9. The SMILES string of the molecule is Cc1c(-c2cc(CNc3cc(Cl)cc4c3OCC(=O)N4)on2)cnn1C. The number of carbonyl (C=O) groups is 1. The highest BCUT2D eigenvalue weighted by Gasteiger charge is 2.20. The van der Waals surface area contributed by atoms with E-state index in [-0.39, 0.29) is 12.5 Å². The molecule has 4 rings (SSSR count). The van der Waals surface area contributed by atoms with Crippen molar-refractivity contribution in [2.75, 3.05) is 17.2 Å². The third-order valence-corrected chi connectivity index (χ3v) is 4.42. The number of ether oxygens (including phenoxy) is 1. The second-order valence-electron chi connectivity index (χ2n) is 5.97. The first-order chi connectivity index (χ1) is 12.5. The zero-order chi connectivity index (χ0) is 18.3. The number of amides is 1. The molecular formula is C17H16ClN5O3. The molecule has 0 saturated carbocycles. The Kier molecular flexibility index (Phi) is 4.04. The van der Waals surface area contributed by atoms with E-state index in [2.05, 4.69) is 20.9 Å². The molecule has 9 heteroatoms. The van der Waals surface area contributed by atoms with E-state index < -0.39 is 0 Å². The summed E-state index contributed by atoms with van der Waals surface area (Å²) in [5, 5.41) is 14.8. The Bertz CT molecular complexity index is 994. The van der Waals surface area contributed by atoms with Crippen LogP contribution in [0.4, 0.5) is 11.4 Å². The number of benzene rings is 1. The Morgan fingerprint density at radius 1 is 1.38 bits per heavy atom. The lowest BCUT2D eigenvalue weighted by Gasteiger charge is -2.21. The molecule has 2 aromatic heterocycles. The lowest BCUT2D eigenvalue weighted by Crippen LogP contribution is -2.26. The first kappa shape index (κ1) is 16.5. The fourth-order valence-corrected chi connectivity index (χ4v) is 2.97. The molecular weight excluding hydrogens is 358 g/mol. The molecule has 0 radical (unpaired) electrons. The minimum absolute atomic E-state index is 0.0317. The van der Waals surface area contributed by atoms with Gasteiger partial charge in [-0.25, -0.2) is 0 Å². The Hall–Kier alpha value is -3.00. The molecule has 134 valence electrons. The van der Waals surface area contributed by atoms with Crippen molar-refractivity contribution >= 4 is 28.9 Å². The molecule has 3 aromatic rings. The van der Waals surface area contributed by atoms with Crippen LogP contribution < -0.4 is 15.4 Å². The van der Waals surface area contributed by atoms with Crippen LogP contribution in [0.5, 0.6) is 5.75 Å². The Morgan fingerprint density at radius 3 is 3.00 bits per heavy atom. The fourth-order valence-electron chi connectivity index (χ4n) is 2.75. The molecule has 1 aliphatic rings. The standard InChI is InChI=1S/C17H16ClN5O3/c1-9-12(7-20-23(9)2)13-5-11(26-22-13)6-19-14-3-10(18)4-15-17(14)25-8-16(24)21-15/h3-5,7,19H,6,8H2,1-2H3,(H,21,24). The van der Waals surface area contributed by atoms with Gasteiger partial charge in [-0.15, -0.1) is 0 Å². The summed E-state index contributed by atoms with van der Waals surface area (Å²) in [6.45, 7) is 2.32. The molecule has 8 nitrogen and oxygen atoms in total. The average Bonchev–Trinajstić information content (AvgIpc) is 3.19. The van der Waals surface area contributed by atoms with Crippen molar-refractivity contribution < 1.29 is 14.1 Å². The van der Waals surface area contributed by atoms with Crippen molar-refractivity contribution in [3.8, 4) is 17.0 Å². The highest BCUT2D eigenvalue weighted by atomic mass is 35.5. The maximum Gasteiger partial charge on any atom is 0.262 e. The lowest BCUT2D eigenvalue weighted by molar-refractivity contribution is -0.118. The summed E-state index contributed by atoms with van der Waals surface area (Å²) in [5.41, 5.74) is 3.87. The Labute approximate surface area is 154 Å². The highest BCUT2D eigenvalue weighted by Crippen LogP contribution is 2.38. The van der Waals surface area contributed by atoms with Gasteiger partial charge in [-0.05, 0) is 19.1 Å². The number of nitrogens with zero attached hydrogens (tertiary/aromatic N) is 3. The molecule has 0 fully saturated rings. The predicted molar refractivity (Wildman–Crippen MR) is 96.3 cm³/mol. The van der Waals surface area contributed by atoms with E-state index in [1.165, 1.54) is 0 Å². The Balaban J connectivity index is 1.54. The maximum absolute atomic E-state index is 11.5. The topological polar surface area (TPSA) is 94.2 Å². The third-order valence-electron chi connectivity index (χ3n) is 4.20. The molecule has 0 aliphatic carbocycles. The molecule has 3 heterocycles. The lowest BCUT2D eigenvalue weighted by atomic mass is 10.2. The fraction of sp³-hybridized carbons (Fsp3) is 0.235. The number of aromatic nitrogens is 3. The van der Waals surface area contributed by atoms with Crippen LogP contribution in [0.25, 0.3) is 11.3 Å². The molecule has 1 aliphatic heterocycles. The van der Waals surface area contributed by atoms with Crippen molar-refractivity contribution in [3.05, 3.63) is 40.9 Å². The van der Waals surface area contributed by atoms with E-state index in [0.717, 1.165) is 17.0 Å². The van der Waals surface area contributed by atoms with Gasteiger partial charge in [0.05, 0.1) is 24.1 Å². The number of anilines is 2. The van der Waals surface area contributed by atoms with Crippen molar-refractivity contribution in [1.82, 2.24) is 14.9 Å². The van der Waals surface area contributed by atoms with Crippen molar-refractivity contribution in [2.45, 2.75) is 13.5 Å². The van der Waals surface area contributed by atoms with Gasteiger partial charge >= 0.3 is 0 Å². The number of fused-ring (bicyclic) bond motifs is 1. The number of rotatable bonds is 4. The highest BCUT2D eigenvalue weighted by molar-refractivity contribution is 6.31. The maximum atomic E-state index is 11.5. The minimum Gasteiger partial charge on any atom is -0.479 e. The second kappa shape index (κ2) is 6.38. The molecule has 0 unspecified atom stereocenters. The largest absolute Gasteiger partial charge is 0.479 e. The smallest absolute Gasteiger partial charge is 0.262 e. The van der Waals surface area contributed by atoms with Crippen LogP contribution >= 0.6 is 11.6 Å². The summed E-state index contributed by atoms with van der Waals surface area (Å²) in [6, 6.07) is 5.24. The van der Waals surface area contributed by atoms with E-state index >= 15 is 0 Å². The normalized spacial score (nSPS) is 13.1. The van der Waals surface area contributed by atoms with E-state index in [0.29, 0.717) is 34.5 Å². The van der Waals surface area contributed by atoms with Gasteiger partial charge in [-0.2, -0.15) is 5.10 Å². The Morgan fingerprint density at radius 2 is 2.23 bits per heavy atom. The monoisotopic (exact) mass is 373 g/mol. The van der Waals surface area contributed by atoms with Gasteiger partial charge in [0.15, 0.2) is 18.1 Å². The number of aryl methyl sites for hydroxylation is 1. The summed E-state index contributed by atoms with van der Waals surface area (Å²) in [5.74, 6) is 0.992. The summed E-state index contributed by atoms with van der Waals surface area (Å²) >= 11 is 6.12. The third kappa shape index (κ3) is 2.99. The zero-order valence-electron chi connectivity index (χ0n) is 14.2. The molecule has 0 saturated heterocycles. The molecule has 0 atom stereocenters. The van der Waals surface area contributed by atoms with Gasteiger partial charge in [-0.3, -0.25) is 9.48 Å². The van der Waals surface area contributed by atoms with Crippen LogP contribution in [0.15, 0.2) is 28.9 Å². The van der Waals surface area contributed by atoms with Crippen LogP contribution in [0.1, 0.15) is 11.5 Å². The van der Waals surface area contributed by atoms with E-state index in [9.17, 15) is 4.79 Å². The van der Waals surface area contributed by atoms with Gasteiger partial charge < -0.3 is 19.9 Å². The van der Waals surface area contributed by atoms with Gasteiger partial charge in [0.25, 0.3) is 5.91 Å². The second-order valence-corrected chi connectivity index (χ2v) is 6.40. The molecule has 1 amide bonds. The summed E-state index contributed by atoms with van der Waals surface area (Å²) < 4.78 is 12.7. The van der Waals surface area contributed by atoms with Crippen LogP contribution in [0, 0.1) is 6.92 Å². The average molecular weight is 374 g/mol. The number of carbonyl (C=O) groups excluding carboxylic acids is 1. The first-order valence-electron chi connectivity index (χ1n) is 7.96. The van der Waals surface area contributed by atoms with Crippen LogP contribution in [-0.2, 0) is 18.4 Å². The van der Waals surface area contributed by atoms with Gasteiger partial charge in [0.1, 0.15) is 5.69 Å². The number of hydrogen-bond acceptors (Lipinski definition) is 6. The molecule has 0 bridgehead atoms. The van der Waals surface area contributed by atoms with E-state index in [1.807, 2.05) is 20.0 Å². The van der Waals surface area contributed by atoms with Crippen LogP contribution in [0.2, 0.25) is 5.02 Å².